The minimum absolute atomic E-state index is 0.0987. The van der Waals surface area contributed by atoms with E-state index in [1.807, 2.05) is 0 Å². The lowest BCUT2D eigenvalue weighted by Crippen LogP contribution is -2.36. The molecule has 1 N–H and O–H groups in total. The zero-order valence-electron chi connectivity index (χ0n) is 7.12. The molecule has 0 aromatic heterocycles. The molecule has 1 fully saturated rings. The third kappa shape index (κ3) is 3.18. The lowest BCUT2D eigenvalue weighted by atomic mass is 10.1. The van der Waals surface area contributed by atoms with Crippen LogP contribution in [-0.2, 0) is 9.47 Å². The van der Waals surface area contributed by atoms with Gasteiger partial charge >= 0.3 is 0 Å². The Morgan fingerprint density at radius 1 is 1.36 bits per heavy atom. The largest absolute Gasteiger partial charge is 0.388 e. The standard InChI is InChI=1S/C8H16O3/c1-6(2)3-8-10-4-7(9)5-11-8/h6-9H,3-5H2,1-2H3. The number of hydrogen-bond donors (Lipinski definition) is 1. The van der Waals surface area contributed by atoms with E-state index in [2.05, 4.69) is 13.8 Å². The van der Waals surface area contributed by atoms with Crippen LogP contribution < -0.4 is 0 Å². The van der Waals surface area contributed by atoms with Crippen LogP contribution >= 0.6 is 0 Å². The summed E-state index contributed by atoms with van der Waals surface area (Å²) in [6, 6.07) is 0. The summed E-state index contributed by atoms with van der Waals surface area (Å²) in [5.41, 5.74) is 0. The first-order valence-electron chi connectivity index (χ1n) is 4.09. The van der Waals surface area contributed by atoms with Gasteiger partial charge in [-0.15, -0.1) is 0 Å². The van der Waals surface area contributed by atoms with Gasteiger partial charge in [0.2, 0.25) is 0 Å². The zero-order chi connectivity index (χ0) is 8.27. The second-order valence-corrected chi connectivity index (χ2v) is 3.38. The highest BCUT2D eigenvalue weighted by Crippen LogP contribution is 2.13. The van der Waals surface area contributed by atoms with E-state index in [-0.39, 0.29) is 6.29 Å². The summed E-state index contributed by atoms with van der Waals surface area (Å²) in [4.78, 5) is 0. The molecule has 0 radical (unpaired) electrons. The van der Waals surface area contributed by atoms with Gasteiger partial charge < -0.3 is 14.6 Å². The maximum atomic E-state index is 9.01. The second kappa shape index (κ2) is 4.04. The van der Waals surface area contributed by atoms with Crippen molar-refractivity contribution in [2.45, 2.75) is 32.7 Å². The summed E-state index contributed by atoms with van der Waals surface area (Å²) in [5, 5.41) is 9.01. The molecule has 1 aliphatic heterocycles. The van der Waals surface area contributed by atoms with Crippen LogP contribution in [0.4, 0.5) is 0 Å². The molecule has 0 spiro atoms. The third-order valence-corrected chi connectivity index (χ3v) is 1.61. The van der Waals surface area contributed by atoms with Crippen LogP contribution in [0.5, 0.6) is 0 Å². The van der Waals surface area contributed by atoms with Crippen molar-refractivity contribution in [2.24, 2.45) is 5.92 Å². The van der Waals surface area contributed by atoms with Gasteiger partial charge in [0, 0.05) is 6.42 Å². The molecule has 0 amide bonds. The highest BCUT2D eigenvalue weighted by atomic mass is 16.7. The van der Waals surface area contributed by atoms with Crippen LogP contribution in [0.15, 0.2) is 0 Å². The molecule has 66 valence electrons. The number of aliphatic hydroxyl groups excluding tert-OH is 1. The van der Waals surface area contributed by atoms with E-state index in [1.165, 1.54) is 0 Å². The molecule has 0 aromatic carbocycles. The molecule has 1 rings (SSSR count). The van der Waals surface area contributed by atoms with Crippen molar-refractivity contribution in [1.82, 2.24) is 0 Å². The Labute approximate surface area is 67.3 Å². The van der Waals surface area contributed by atoms with Crippen LogP contribution in [-0.4, -0.2) is 30.7 Å². The summed E-state index contributed by atoms with van der Waals surface area (Å²) in [6.07, 6.45) is 0.379. The van der Waals surface area contributed by atoms with Crippen molar-refractivity contribution in [3.05, 3.63) is 0 Å². The van der Waals surface area contributed by atoms with E-state index in [4.69, 9.17) is 14.6 Å². The number of ether oxygens (including phenoxy) is 2. The molecule has 0 bridgehead atoms. The molecule has 0 saturated carbocycles. The van der Waals surface area contributed by atoms with Crippen LogP contribution in [0, 0.1) is 5.92 Å². The van der Waals surface area contributed by atoms with E-state index in [0.29, 0.717) is 19.1 Å². The van der Waals surface area contributed by atoms with Crippen molar-refractivity contribution in [2.75, 3.05) is 13.2 Å². The minimum atomic E-state index is -0.432. The van der Waals surface area contributed by atoms with E-state index in [0.717, 1.165) is 6.42 Å². The Morgan fingerprint density at radius 3 is 2.36 bits per heavy atom. The predicted molar refractivity (Wildman–Crippen MR) is 41.2 cm³/mol. The molecule has 11 heavy (non-hydrogen) atoms. The Hall–Kier alpha value is -0.120. The Bertz CT molecular complexity index is 106. The highest BCUT2D eigenvalue weighted by Gasteiger charge is 2.20. The van der Waals surface area contributed by atoms with Crippen LogP contribution in [0.25, 0.3) is 0 Å². The first-order valence-corrected chi connectivity index (χ1v) is 4.09. The fourth-order valence-electron chi connectivity index (χ4n) is 1.05. The van der Waals surface area contributed by atoms with Gasteiger partial charge in [-0.25, -0.2) is 0 Å². The Balaban J connectivity index is 2.17. The van der Waals surface area contributed by atoms with Crippen molar-refractivity contribution in [3.8, 4) is 0 Å². The molecule has 3 nitrogen and oxygen atoms in total. The van der Waals surface area contributed by atoms with E-state index in [9.17, 15) is 0 Å². The van der Waals surface area contributed by atoms with Crippen LogP contribution in [0.1, 0.15) is 20.3 Å². The lowest BCUT2D eigenvalue weighted by molar-refractivity contribution is -0.221. The normalized spacial score (nSPS) is 32.7. The molecular formula is C8H16O3. The lowest BCUT2D eigenvalue weighted by Gasteiger charge is -2.27. The predicted octanol–water partition coefficient (Wildman–Crippen LogP) is 0.766. The molecule has 1 saturated heterocycles. The van der Waals surface area contributed by atoms with Crippen LogP contribution in [0.2, 0.25) is 0 Å². The van der Waals surface area contributed by atoms with Gasteiger partial charge in [0.05, 0.1) is 13.2 Å². The zero-order valence-corrected chi connectivity index (χ0v) is 7.12. The molecular weight excluding hydrogens is 144 g/mol. The number of aliphatic hydroxyl groups is 1. The molecule has 0 unspecified atom stereocenters. The van der Waals surface area contributed by atoms with Crippen molar-refractivity contribution < 1.29 is 14.6 Å². The van der Waals surface area contributed by atoms with Gasteiger partial charge in [-0.2, -0.15) is 0 Å². The van der Waals surface area contributed by atoms with E-state index < -0.39 is 6.10 Å². The maximum absolute atomic E-state index is 9.01. The molecule has 0 aliphatic carbocycles. The van der Waals surface area contributed by atoms with Gasteiger partial charge in [0.15, 0.2) is 6.29 Å². The van der Waals surface area contributed by atoms with E-state index >= 15 is 0 Å². The fourth-order valence-corrected chi connectivity index (χ4v) is 1.05. The highest BCUT2D eigenvalue weighted by molar-refractivity contribution is 4.61. The summed E-state index contributed by atoms with van der Waals surface area (Å²) in [6.45, 7) is 5.07. The molecule has 0 aromatic rings. The average molecular weight is 160 g/mol. The van der Waals surface area contributed by atoms with Gasteiger partial charge in [-0.3, -0.25) is 0 Å². The van der Waals surface area contributed by atoms with Gasteiger partial charge in [-0.1, -0.05) is 13.8 Å². The number of hydrogen-bond acceptors (Lipinski definition) is 3. The monoisotopic (exact) mass is 160 g/mol. The smallest absolute Gasteiger partial charge is 0.158 e. The molecule has 3 heteroatoms. The SMILES string of the molecule is CC(C)CC1OCC(O)CO1. The maximum Gasteiger partial charge on any atom is 0.158 e. The number of rotatable bonds is 2. The average Bonchev–Trinajstić information content (AvgIpc) is 1.93. The topological polar surface area (TPSA) is 38.7 Å². The second-order valence-electron chi connectivity index (χ2n) is 3.38. The minimum Gasteiger partial charge on any atom is -0.388 e. The Morgan fingerprint density at radius 2 is 1.91 bits per heavy atom. The summed E-state index contributed by atoms with van der Waals surface area (Å²) in [7, 11) is 0. The molecule has 1 heterocycles. The van der Waals surface area contributed by atoms with Crippen molar-refractivity contribution in [1.29, 1.82) is 0 Å². The molecule has 1 aliphatic rings. The molecule has 0 atom stereocenters. The third-order valence-electron chi connectivity index (χ3n) is 1.61. The Kier molecular flexibility index (Phi) is 3.30. The van der Waals surface area contributed by atoms with Crippen molar-refractivity contribution in [3.63, 3.8) is 0 Å². The first-order chi connectivity index (χ1) is 5.18. The summed E-state index contributed by atoms with van der Waals surface area (Å²) in [5.74, 6) is 0.579. The summed E-state index contributed by atoms with van der Waals surface area (Å²) < 4.78 is 10.5. The summed E-state index contributed by atoms with van der Waals surface area (Å²) >= 11 is 0. The van der Waals surface area contributed by atoms with E-state index in [1.54, 1.807) is 0 Å². The van der Waals surface area contributed by atoms with Gasteiger partial charge in [0.1, 0.15) is 6.10 Å². The fraction of sp³-hybridized carbons (Fsp3) is 1.00. The first kappa shape index (κ1) is 8.97. The van der Waals surface area contributed by atoms with Crippen molar-refractivity contribution >= 4 is 0 Å². The van der Waals surface area contributed by atoms with Gasteiger partial charge in [-0.05, 0) is 5.92 Å². The van der Waals surface area contributed by atoms with Gasteiger partial charge in [0.25, 0.3) is 0 Å². The van der Waals surface area contributed by atoms with Crippen LogP contribution in [0.3, 0.4) is 0 Å². The quantitative estimate of drug-likeness (QED) is 0.648.